The highest BCUT2D eigenvalue weighted by Gasteiger charge is 2.33. The predicted molar refractivity (Wildman–Crippen MR) is 77.1 cm³/mol. The highest BCUT2D eigenvalue weighted by atomic mass is 32.1. The number of rotatable bonds is 3. The molecule has 1 aliphatic heterocycles. The molecule has 0 radical (unpaired) electrons. The van der Waals surface area contributed by atoms with Crippen LogP contribution in [0.15, 0.2) is 47.8 Å². The van der Waals surface area contributed by atoms with Crippen molar-refractivity contribution in [1.29, 1.82) is 0 Å². The Morgan fingerprint density at radius 2 is 1.95 bits per heavy atom. The third-order valence-electron chi connectivity index (χ3n) is 3.26. The Bertz CT molecular complexity index is 610. The SMILES string of the molecule is O=C1CN(Cc2cccs2)C(=O)C(c2ccccc2)N1. The minimum Gasteiger partial charge on any atom is -0.339 e. The van der Waals surface area contributed by atoms with Crippen LogP contribution in [0.25, 0.3) is 0 Å². The number of benzene rings is 1. The minimum absolute atomic E-state index is 0.0517. The summed E-state index contributed by atoms with van der Waals surface area (Å²) >= 11 is 1.59. The number of amides is 2. The Labute approximate surface area is 121 Å². The largest absolute Gasteiger partial charge is 0.339 e. The summed E-state index contributed by atoms with van der Waals surface area (Å²) in [5.41, 5.74) is 0.821. The van der Waals surface area contributed by atoms with Crippen molar-refractivity contribution < 1.29 is 9.59 Å². The number of nitrogens with one attached hydrogen (secondary N) is 1. The fourth-order valence-corrected chi connectivity index (χ4v) is 3.02. The van der Waals surface area contributed by atoms with E-state index in [0.717, 1.165) is 10.4 Å². The summed E-state index contributed by atoms with van der Waals surface area (Å²) in [6.45, 7) is 0.618. The molecule has 0 aliphatic carbocycles. The van der Waals surface area contributed by atoms with E-state index in [1.165, 1.54) is 0 Å². The summed E-state index contributed by atoms with van der Waals surface area (Å²) in [5.74, 6) is -0.167. The van der Waals surface area contributed by atoms with Gasteiger partial charge in [-0.1, -0.05) is 36.4 Å². The molecule has 2 aromatic rings. The van der Waals surface area contributed by atoms with Crippen LogP contribution in [0.3, 0.4) is 0 Å². The average molecular weight is 286 g/mol. The van der Waals surface area contributed by atoms with Crippen molar-refractivity contribution in [2.75, 3.05) is 6.54 Å². The number of carbonyl (C=O) groups excluding carboxylic acids is 2. The molecule has 2 heterocycles. The van der Waals surface area contributed by atoms with Gasteiger partial charge in [0.05, 0.1) is 6.54 Å². The maximum Gasteiger partial charge on any atom is 0.250 e. The molecule has 0 spiro atoms. The molecule has 20 heavy (non-hydrogen) atoms. The first-order valence-corrected chi connectivity index (χ1v) is 7.27. The Hall–Kier alpha value is -2.14. The molecule has 1 unspecified atom stereocenters. The van der Waals surface area contributed by atoms with Gasteiger partial charge in [0, 0.05) is 4.88 Å². The maximum absolute atomic E-state index is 12.5. The van der Waals surface area contributed by atoms with E-state index in [-0.39, 0.29) is 18.4 Å². The number of piperazine rings is 1. The monoisotopic (exact) mass is 286 g/mol. The second-order valence-corrected chi connectivity index (χ2v) is 5.72. The van der Waals surface area contributed by atoms with E-state index in [1.54, 1.807) is 16.2 Å². The molecule has 1 fully saturated rings. The topological polar surface area (TPSA) is 49.4 Å². The van der Waals surface area contributed by atoms with Crippen LogP contribution in [0, 0.1) is 0 Å². The second kappa shape index (κ2) is 5.46. The van der Waals surface area contributed by atoms with Crippen molar-refractivity contribution in [3.63, 3.8) is 0 Å². The van der Waals surface area contributed by atoms with Crippen LogP contribution in [-0.2, 0) is 16.1 Å². The summed E-state index contributed by atoms with van der Waals surface area (Å²) < 4.78 is 0. The van der Waals surface area contributed by atoms with Crippen LogP contribution in [0.4, 0.5) is 0 Å². The van der Waals surface area contributed by atoms with Crippen LogP contribution in [0.1, 0.15) is 16.5 Å². The Morgan fingerprint density at radius 1 is 1.15 bits per heavy atom. The number of hydrogen-bond acceptors (Lipinski definition) is 3. The summed E-state index contributed by atoms with van der Waals surface area (Å²) in [6, 6.07) is 12.7. The first-order valence-electron chi connectivity index (χ1n) is 6.39. The normalized spacial score (nSPS) is 19.0. The Kier molecular flexibility index (Phi) is 3.52. The van der Waals surface area contributed by atoms with Crippen molar-refractivity contribution in [2.24, 2.45) is 0 Å². The molecule has 1 aromatic heterocycles. The summed E-state index contributed by atoms with van der Waals surface area (Å²) in [4.78, 5) is 27.0. The van der Waals surface area contributed by atoms with E-state index in [0.29, 0.717) is 6.54 Å². The summed E-state index contributed by atoms with van der Waals surface area (Å²) in [7, 11) is 0. The lowest BCUT2D eigenvalue weighted by Crippen LogP contribution is -2.52. The molecule has 1 aliphatic rings. The molecule has 0 bridgehead atoms. The predicted octanol–water partition coefficient (Wildman–Crippen LogP) is 1.95. The van der Waals surface area contributed by atoms with Gasteiger partial charge >= 0.3 is 0 Å². The van der Waals surface area contributed by atoms with Crippen LogP contribution >= 0.6 is 11.3 Å². The van der Waals surface area contributed by atoms with Crippen LogP contribution in [0.2, 0.25) is 0 Å². The van der Waals surface area contributed by atoms with E-state index in [1.807, 2.05) is 47.8 Å². The highest BCUT2D eigenvalue weighted by Crippen LogP contribution is 2.21. The Balaban J connectivity index is 1.82. The zero-order valence-corrected chi connectivity index (χ0v) is 11.6. The van der Waals surface area contributed by atoms with Crippen molar-refractivity contribution >= 4 is 23.2 Å². The van der Waals surface area contributed by atoms with E-state index in [2.05, 4.69) is 5.32 Å². The van der Waals surface area contributed by atoms with Crippen LogP contribution in [-0.4, -0.2) is 23.3 Å². The smallest absolute Gasteiger partial charge is 0.250 e. The molecule has 0 saturated carbocycles. The van der Waals surface area contributed by atoms with Gasteiger partial charge in [-0.2, -0.15) is 0 Å². The van der Waals surface area contributed by atoms with Crippen molar-refractivity contribution in [2.45, 2.75) is 12.6 Å². The maximum atomic E-state index is 12.5. The standard InChI is InChI=1S/C15H14N2O2S/c18-13-10-17(9-12-7-4-8-20-12)15(19)14(16-13)11-5-2-1-3-6-11/h1-8,14H,9-10H2,(H,16,18). The lowest BCUT2D eigenvalue weighted by atomic mass is 10.0. The Morgan fingerprint density at radius 3 is 2.65 bits per heavy atom. The lowest BCUT2D eigenvalue weighted by Gasteiger charge is -2.32. The van der Waals surface area contributed by atoms with Crippen LogP contribution < -0.4 is 5.32 Å². The van der Waals surface area contributed by atoms with E-state index in [9.17, 15) is 9.59 Å². The zero-order chi connectivity index (χ0) is 13.9. The fourth-order valence-electron chi connectivity index (χ4n) is 2.30. The fraction of sp³-hybridized carbons (Fsp3) is 0.200. The number of thiophene rings is 1. The van der Waals surface area contributed by atoms with Gasteiger partial charge in [0.1, 0.15) is 12.6 Å². The summed E-state index contributed by atoms with van der Waals surface area (Å²) in [5, 5.41) is 4.74. The van der Waals surface area contributed by atoms with Gasteiger partial charge in [-0.15, -0.1) is 11.3 Å². The molecule has 2 amide bonds. The number of carbonyl (C=O) groups is 2. The van der Waals surface area contributed by atoms with Gasteiger partial charge in [-0.25, -0.2) is 0 Å². The van der Waals surface area contributed by atoms with Crippen molar-refractivity contribution in [1.82, 2.24) is 10.2 Å². The van der Waals surface area contributed by atoms with E-state index in [4.69, 9.17) is 0 Å². The number of hydrogen-bond donors (Lipinski definition) is 1. The molecule has 1 saturated heterocycles. The average Bonchev–Trinajstić information content (AvgIpc) is 2.96. The van der Waals surface area contributed by atoms with Crippen molar-refractivity contribution in [3.8, 4) is 0 Å². The first kappa shape index (κ1) is 12.9. The molecule has 102 valence electrons. The molecule has 1 aromatic carbocycles. The van der Waals surface area contributed by atoms with Crippen molar-refractivity contribution in [3.05, 3.63) is 58.3 Å². The second-order valence-electron chi connectivity index (χ2n) is 4.68. The van der Waals surface area contributed by atoms with Gasteiger partial charge in [-0.05, 0) is 17.0 Å². The van der Waals surface area contributed by atoms with E-state index < -0.39 is 6.04 Å². The van der Waals surface area contributed by atoms with Gasteiger partial charge in [-0.3, -0.25) is 9.59 Å². The quantitative estimate of drug-likeness (QED) is 0.937. The van der Waals surface area contributed by atoms with Gasteiger partial charge in [0.15, 0.2) is 0 Å². The third kappa shape index (κ3) is 2.58. The van der Waals surface area contributed by atoms with Gasteiger partial charge < -0.3 is 10.2 Å². The molecular formula is C15H14N2O2S. The molecule has 4 nitrogen and oxygen atoms in total. The van der Waals surface area contributed by atoms with Gasteiger partial charge in [0.2, 0.25) is 5.91 Å². The number of nitrogens with zero attached hydrogens (tertiary/aromatic N) is 1. The molecule has 1 atom stereocenters. The molecule has 5 heteroatoms. The zero-order valence-electron chi connectivity index (χ0n) is 10.8. The van der Waals surface area contributed by atoms with Gasteiger partial charge in [0.25, 0.3) is 5.91 Å². The molecular weight excluding hydrogens is 272 g/mol. The molecule has 1 N–H and O–H groups in total. The lowest BCUT2D eigenvalue weighted by molar-refractivity contribution is -0.145. The summed E-state index contributed by atoms with van der Waals surface area (Å²) in [6.07, 6.45) is 0. The highest BCUT2D eigenvalue weighted by molar-refractivity contribution is 7.09. The van der Waals surface area contributed by atoms with E-state index >= 15 is 0 Å². The first-order chi connectivity index (χ1) is 9.74. The minimum atomic E-state index is -0.572. The third-order valence-corrected chi connectivity index (χ3v) is 4.12. The van der Waals surface area contributed by atoms with Crippen LogP contribution in [0.5, 0.6) is 0 Å². The molecule has 3 rings (SSSR count).